The normalized spacial score (nSPS) is 10.2. The van der Waals surface area contributed by atoms with Crippen molar-refractivity contribution in [3.05, 3.63) is 47.2 Å². The topological polar surface area (TPSA) is 38.9 Å². The SMILES string of the molecule is Nc1ccc(Br)cc1[Se]c1cccnc1. The van der Waals surface area contributed by atoms with Crippen LogP contribution in [0.1, 0.15) is 0 Å². The number of pyridine rings is 1. The van der Waals surface area contributed by atoms with E-state index in [1.807, 2.05) is 24.4 Å². The molecule has 0 radical (unpaired) electrons. The van der Waals surface area contributed by atoms with Gasteiger partial charge in [-0.3, -0.25) is 0 Å². The number of hydrogen-bond acceptors (Lipinski definition) is 2. The van der Waals surface area contributed by atoms with E-state index in [2.05, 4.69) is 33.0 Å². The second kappa shape index (κ2) is 4.79. The summed E-state index contributed by atoms with van der Waals surface area (Å²) in [5.74, 6) is 0. The van der Waals surface area contributed by atoms with E-state index in [0.29, 0.717) is 0 Å². The summed E-state index contributed by atoms with van der Waals surface area (Å²) in [6.07, 6.45) is 3.67. The molecule has 76 valence electrons. The molecule has 1 heterocycles. The van der Waals surface area contributed by atoms with Gasteiger partial charge in [0.1, 0.15) is 0 Å². The van der Waals surface area contributed by atoms with Crippen molar-refractivity contribution in [2.45, 2.75) is 0 Å². The van der Waals surface area contributed by atoms with Crippen molar-refractivity contribution in [2.24, 2.45) is 0 Å². The Morgan fingerprint density at radius 2 is 2.13 bits per heavy atom. The van der Waals surface area contributed by atoms with Gasteiger partial charge in [0.15, 0.2) is 0 Å². The Labute approximate surface area is 103 Å². The predicted octanol–water partition coefficient (Wildman–Crippen LogP) is 1.08. The first-order valence-corrected chi connectivity index (χ1v) is 6.89. The minimum atomic E-state index is 0.224. The molecule has 0 saturated carbocycles. The fourth-order valence-electron chi connectivity index (χ4n) is 1.13. The van der Waals surface area contributed by atoms with Crippen LogP contribution in [0.2, 0.25) is 0 Å². The Balaban J connectivity index is 2.28. The Morgan fingerprint density at radius 3 is 2.87 bits per heavy atom. The Bertz CT molecular complexity index is 459. The number of anilines is 1. The van der Waals surface area contributed by atoms with Gasteiger partial charge in [0.2, 0.25) is 0 Å². The van der Waals surface area contributed by atoms with Crippen molar-refractivity contribution in [2.75, 3.05) is 5.73 Å². The third-order valence-electron chi connectivity index (χ3n) is 1.84. The number of nitrogen functional groups attached to an aromatic ring is 1. The summed E-state index contributed by atoms with van der Waals surface area (Å²) in [6, 6.07) is 9.98. The second-order valence-corrected chi connectivity index (χ2v) is 6.23. The summed E-state index contributed by atoms with van der Waals surface area (Å²) >= 11 is 3.67. The molecular formula is C11H9BrN2Se. The summed E-state index contributed by atoms with van der Waals surface area (Å²) in [6.45, 7) is 0. The van der Waals surface area contributed by atoms with Gasteiger partial charge < -0.3 is 0 Å². The monoisotopic (exact) mass is 328 g/mol. The number of hydrogen-bond donors (Lipinski definition) is 1. The van der Waals surface area contributed by atoms with Gasteiger partial charge in [0.05, 0.1) is 0 Å². The van der Waals surface area contributed by atoms with Crippen LogP contribution in [-0.4, -0.2) is 19.9 Å². The molecule has 0 fully saturated rings. The van der Waals surface area contributed by atoms with Crippen LogP contribution >= 0.6 is 15.9 Å². The quantitative estimate of drug-likeness (QED) is 0.662. The van der Waals surface area contributed by atoms with E-state index in [4.69, 9.17) is 5.73 Å². The molecule has 0 aliphatic carbocycles. The third kappa shape index (κ3) is 2.81. The molecule has 0 aliphatic rings. The van der Waals surface area contributed by atoms with Gasteiger partial charge in [-0.2, -0.15) is 0 Å². The molecule has 15 heavy (non-hydrogen) atoms. The number of aromatic nitrogens is 1. The number of rotatable bonds is 2. The van der Waals surface area contributed by atoms with Gasteiger partial charge in [-0.05, 0) is 0 Å². The summed E-state index contributed by atoms with van der Waals surface area (Å²) in [7, 11) is 0. The van der Waals surface area contributed by atoms with Crippen LogP contribution in [0.3, 0.4) is 0 Å². The summed E-state index contributed by atoms with van der Waals surface area (Å²) in [5, 5.41) is 0. The molecule has 1 aromatic heterocycles. The van der Waals surface area contributed by atoms with Crippen LogP contribution < -0.4 is 14.7 Å². The molecule has 0 aliphatic heterocycles. The maximum absolute atomic E-state index is 5.91. The van der Waals surface area contributed by atoms with E-state index in [9.17, 15) is 0 Å². The molecule has 2 rings (SSSR count). The Kier molecular flexibility index (Phi) is 3.41. The van der Waals surface area contributed by atoms with Crippen molar-refractivity contribution in [1.82, 2.24) is 4.98 Å². The number of nitrogens with zero attached hydrogens (tertiary/aromatic N) is 1. The van der Waals surface area contributed by atoms with E-state index < -0.39 is 0 Å². The molecule has 2 aromatic rings. The first-order valence-electron chi connectivity index (χ1n) is 4.38. The standard InChI is InChI=1S/C11H9BrN2Se/c12-8-3-4-10(13)11(6-8)15-9-2-1-5-14-7-9/h1-7H,13H2. The van der Waals surface area contributed by atoms with E-state index in [-0.39, 0.29) is 15.0 Å². The van der Waals surface area contributed by atoms with Crippen molar-refractivity contribution >= 4 is 45.5 Å². The molecule has 0 bridgehead atoms. The van der Waals surface area contributed by atoms with Crippen molar-refractivity contribution in [1.29, 1.82) is 0 Å². The number of benzene rings is 1. The summed E-state index contributed by atoms with van der Waals surface area (Å²) in [5.41, 5.74) is 6.76. The molecule has 2 N–H and O–H groups in total. The minimum absolute atomic E-state index is 0.224. The number of halogens is 1. The molecule has 0 unspecified atom stereocenters. The van der Waals surface area contributed by atoms with Crippen LogP contribution in [0, 0.1) is 0 Å². The fourth-order valence-corrected chi connectivity index (χ4v) is 3.69. The zero-order chi connectivity index (χ0) is 10.7. The Hall–Kier alpha value is -0.831. The van der Waals surface area contributed by atoms with E-state index in [1.165, 1.54) is 8.92 Å². The van der Waals surface area contributed by atoms with Crippen LogP contribution in [0.25, 0.3) is 0 Å². The van der Waals surface area contributed by atoms with Gasteiger partial charge in [-0.25, -0.2) is 0 Å². The van der Waals surface area contributed by atoms with Gasteiger partial charge in [-0.15, -0.1) is 0 Å². The summed E-state index contributed by atoms with van der Waals surface area (Å²) < 4.78 is 3.48. The average molecular weight is 328 g/mol. The molecule has 0 saturated heterocycles. The van der Waals surface area contributed by atoms with Crippen LogP contribution in [0.4, 0.5) is 5.69 Å². The average Bonchev–Trinajstić information content (AvgIpc) is 2.25. The number of nitrogens with two attached hydrogens (primary N) is 1. The van der Waals surface area contributed by atoms with Crippen molar-refractivity contribution < 1.29 is 0 Å². The third-order valence-corrected chi connectivity index (χ3v) is 4.54. The van der Waals surface area contributed by atoms with Crippen LogP contribution in [-0.2, 0) is 0 Å². The van der Waals surface area contributed by atoms with E-state index in [0.717, 1.165) is 10.2 Å². The van der Waals surface area contributed by atoms with Crippen molar-refractivity contribution in [3.8, 4) is 0 Å². The molecule has 4 heteroatoms. The second-order valence-electron chi connectivity index (χ2n) is 2.97. The first kappa shape index (κ1) is 10.7. The molecule has 0 amide bonds. The molecule has 0 atom stereocenters. The van der Waals surface area contributed by atoms with Crippen LogP contribution in [0.5, 0.6) is 0 Å². The van der Waals surface area contributed by atoms with Gasteiger partial charge in [-0.1, -0.05) is 0 Å². The maximum atomic E-state index is 5.91. The van der Waals surface area contributed by atoms with Gasteiger partial charge >= 0.3 is 103 Å². The van der Waals surface area contributed by atoms with E-state index in [1.54, 1.807) is 6.20 Å². The predicted molar refractivity (Wildman–Crippen MR) is 67.8 cm³/mol. The molecule has 2 nitrogen and oxygen atoms in total. The van der Waals surface area contributed by atoms with Gasteiger partial charge in [0, 0.05) is 0 Å². The zero-order valence-corrected chi connectivity index (χ0v) is 11.2. The zero-order valence-electron chi connectivity index (χ0n) is 7.85. The van der Waals surface area contributed by atoms with Crippen LogP contribution in [0.15, 0.2) is 47.2 Å². The fraction of sp³-hybridized carbons (Fsp3) is 0. The van der Waals surface area contributed by atoms with Crippen molar-refractivity contribution in [3.63, 3.8) is 0 Å². The Morgan fingerprint density at radius 1 is 1.27 bits per heavy atom. The molecule has 1 aromatic carbocycles. The summed E-state index contributed by atoms with van der Waals surface area (Å²) in [4.78, 5) is 4.10. The molecular weight excluding hydrogens is 319 g/mol. The van der Waals surface area contributed by atoms with Gasteiger partial charge in [0.25, 0.3) is 0 Å². The van der Waals surface area contributed by atoms with E-state index >= 15 is 0 Å². The first-order chi connectivity index (χ1) is 7.25. The molecule has 0 spiro atoms.